The molecule has 1 aliphatic carbocycles. The van der Waals surface area contributed by atoms with E-state index in [9.17, 15) is 0 Å². The largest absolute Gasteiger partial charge is 0.370 e. The summed E-state index contributed by atoms with van der Waals surface area (Å²) in [5, 5.41) is 0. The van der Waals surface area contributed by atoms with Crippen LogP contribution < -0.4 is 5.73 Å². The van der Waals surface area contributed by atoms with Gasteiger partial charge < -0.3 is 10.5 Å². The molecule has 2 fully saturated rings. The van der Waals surface area contributed by atoms with Crippen LogP contribution in [0.1, 0.15) is 52.9 Å². The molecule has 106 valence electrons. The van der Waals surface area contributed by atoms with Crippen LogP contribution in [0.4, 0.5) is 0 Å². The summed E-state index contributed by atoms with van der Waals surface area (Å²) in [6.45, 7) is 10.7. The molecule has 0 aromatic carbocycles. The zero-order chi connectivity index (χ0) is 13.2. The van der Waals surface area contributed by atoms with E-state index in [4.69, 9.17) is 10.5 Å². The van der Waals surface area contributed by atoms with Gasteiger partial charge in [0, 0.05) is 19.6 Å². The molecule has 0 bridgehead atoms. The third kappa shape index (κ3) is 3.46. The Morgan fingerprint density at radius 2 is 1.89 bits per heavy atom. The zero-order valence-corrected chi connectivity index (χ0v) is 12.4. The first-order chi connectivity index (χ1) is 8.45. The first-order valence-electron chi connectivity index (χ1n) is 7.55. The van der Waals surface area contributed by atoms with Gasteiger partial charge in [-0.1, -0.05) is 19.3 Å². The fourth-order valence-corrected chi connectivity index (χ4v) is 3.91. The smallest absolute Gasteiger partial charge is 0.0757 e. The molecule has 0 aromatic rings. The molecular weight excluding hydrogens is 224 g/mol. The molecule has 18 heavy (non-hydrogen) atoms. The van der Waals surface area contributed by atoms with Gasteiger partial charge in [-0.05, 0) is 45.6 Å². The Balaban J connectivity index is 1.98. The second-order valence-corrected chi connectivity index (χ2v) is 7.12. The van der Waals surface area contributed by atoms with Gasteiger partial charge in [0.25, 0.3) is 0 Å². The lowest BCUT2D eigenvalue weighted by Crippen LogP contribution is -2.55. The van der Waals surface area contributed by atoms with E-state index in [-0.39, 0.29) is 5.60 Å². The van der Waals surface area contributed by atoms with E-state index < -0.39 is 0 Å². The summed E-state index contributed by atoms with van der Waals surface area (Å²) in [6, 6.07) is 0. The van der Waals surface area contributed by atoms with Crippen LogP contribution in [0, 0.1) is 5.41 Å². The summed E-state index contributed by atoms with van der Waals surface area (Å²) in [6.07, 6.45) is 7.09. The van der Waals surface area contributed by atoms with Crippen molar-refractivity contribution in [2.45, 2.75) is 64.6 Å². The van der Waals surface area contributed by atoms with E-state index >= 15 is 0 Å². The zero-order valence-electron chi connectivity index (χ0n) is 12.4. The summed E-state index contributed by atoms with van der Waals surface area (Å²) in [4.78, 5) is 2.59. The molecule has 1 heterocycles. The predicted molar refractivity (Wildman–Crippen MR) is 75.6 cm³/mol. The van der Waals surface area contributed by atoms with Crippen molar-refractivity contribution in [1.82, 2.24) is 4.90 Å². The third-order valence-electron chi connectivity index (χ3n) is 4.55. The topological polar surface area (TPSA) is 38.5 Å². The maximum Gasteiger partial charge on any atom is 0.0757 e. The van der Waals surface area contributed by atoms with Crippen molar-refractivity contribution in [1.29, 1.82) is 0 Å². The number of nitrogens with zero attached hydrogens (tertiary/aromatic N) is 1. The van der Waals surface area contributed by atoms with Crippen molar-refractivity contribution in [3.05, 3.63) is 0 Å². The lowest BCUT2D eigenvalue weighted by molar-refractivity contribution is -0.136. The number of hydrogen-bond donors (Lipinski definition) is 1. The van der Waals surface area contributed by atoms with Crippen LogP contribution in [0.5, 0.6) is 0 Å². The van der Waals surface area contributed by atoms with Gasteiger partial charge in [0.1, 0.15) is 0 Å². The normalized spacial score (nSPS) is 32.3. The molecule has 1 aliphatic heterocycles. The van der Waals surface area contributed by atoms with E-state index in [1.165, 1.54) is 38.6 Å². The Morgan fingerprint density at radius 1 is 1.22 bits per heavy atom. The van der Waals surface area contributed by atoms with Gasteiger partial charge in [-0.25, -0.2) is 0 Å². The van der Waals surface area contributed by atoms with E-state index in [0.717, 1.165) is 19.6 Å². The number of hydrogen-bond acceptors (Lipinski definition) is 3. The second kappa shape index (κ2) is 5.48. The first kappa shape index (κ1) is 14.3. The highest BCUT2D eigenvalue weighted by atomic mass is 16.5. The SMILES string of the molecule is CC1CN(CC2(CN)CCCCC2)CC(C)(C)O1. The Bertz CT molecular complexity index is 272. The van der Waals surface area contributed by atoms with Crippen molar-refractivity contribution >= 4 is 0 Å². The Hall–Kier alpha value is -0.120. The monoisotopic (exact) mass is 254 g/mol. The molecule has 2 aliphatic rings. The van der Waals surface area contributed by atoms with Crippen LogP contribution in [-0.2, 0) is 4.74 Å². The lowest BCUT2D eigenvalue weighted by atomic mass is 9.73. The van der Waals surface area contributed by atoms with Crippen LogP contribution in [0.15, 0.2) is 0 Å². The highest BCUT2D eigenvalue weighted by Gasteiger charge is 2.37. The highest BCUT2D eigenvalue weighted by Crippen LogP contribution is 2.37. The van der Waals surface area contributed by atoms with Crippen molar-refractivity contribution in [3.8, 4) is 0 Å². The van der Waals surface area contributed by atoms with Gasteiger partial charge in [0.05, 0.1) is 11.7 Å². The van der Waals surface area contributed by atoms with E-state index in [0.29, 0.717) is 11.5 Å². The molecule has 1 atom stereocenters. The number of rotatable bonds is 3. The Kier molecular flexibility index (Phi) is 4.35. The minimum Gasteiger partial charge on any atom is -0.370 e. The molecule has 0 aromatic heterocycles. The third-order valence-corrected chi connectivity index (χ3v) is 4.55. The molecule has 0 amide bonds. The van der Waals surface area contributed by atoms with Crippen LogP contribution in [0.2, 0.25) is 0 Å². The summed E-state index contributed by atoms with van der Waals surface area (Å²) in [7, 11) is 0. The van der Waals surface area contributed by atoms with Gasteiger partial charge in [-0.2, -0.15) is 0 Å². The molecule has 1 saturated heterocycles. The Labute approximate surface area is 112 Å². The van der Waals surface area contributed by atoms with Crippen molar-refractivity contribution in [2.24, 2.45) is 11.1 Å². The molecule has 2 rings (SSSR count). The quantitative estimate of drug-likeness (QED) is 0.840. The standard InChI is InChI=1S/C15H30N2O/c1-13-9-17(11-14(2,3)18-13)12-15(10-16)7-5-4-6-8-15/h13H,4-12,16H2,1-3H3. The Morgan fingerprint density at radius 3 is 2.44 bits per heavy atom. The summed E-state index contributed by atoms with van der Waals surface area (Å²) in [5.41, 5.74) is 6.47. The van der Waals surface area contributed by atoms with Crippen molar-refractivity contribution in [2.75, 3.05) is 26.2 Å². The minimum absolute atomic E-state index is 0.0118. The van der Waals surface area contributed by atoms with Gasteiger partial charge in [0.15, 0.2) is 0 Å². The van der Waals surface area contributed by atoms with Crippen molar-refractivity contribution < 1.29 is 4.74 Å². The van der Waals surface area contributed by atoms with Crippen LogP contribution in [0.3, 0.4) is 0 Å². The van der Waals surface area contributed by atoms with E-state index in [1.807, 2.05) is 0 Å². The summed E-state index contributed by atoms with van der Waals surface area (Å²) >= 11 is 0. The number of nitrogens with two attached hydrogens (primary N) is 1. The minimum atomic E-state index is -0.0118. The van der Waals surface area contributed by atoms with Gasteiger partial charge in [-0.15, -0.1) is 0 Å². The fourth-order valence-electron chi connectivity index (χ4n) is 3.91. The van der Waals surface area contributed by atoms with E-state index in [2.05, 4.69) is 25.7 Å². The van der Waals surface area contributed by atoms with Gasteiger partial charge in [-0.3, -0.25) is 4.90 Å². The predicted octanol–water partition coefficient (Wildman–Crippen LogP) is 2.39. The molecule has 3 heteroatoms. The number of ether oxygens (including phenoxy) is 1. The summed E-state index contributed by atoms with van der Waals surface area (Å²) < 4.78 is 5.99. The fraction of sp³-hybridized carbons (Fsp3) is 1.00. The van der Waals surface area contributed by atoms with Crippen LogP contribution >= 0.6 is 0 Å². The average Bonchev–Trinajstić information content (AvgIpc) is 2.27. The van der Waals surface area contributed by atoms with E-state index in [1.54, 1.807) is 0 Å². The molecule has 3 nitrogen and oxygen atoms in total. The number of morpholine rings is 1. The van der Waals surface area contributed by atoms with Crippen molar-refractivity contribution in [3.63, 3.8) is 0 Å². The lowest BCUT2D eigenvalue weighted by Gasteiger charge is -2.47. The highest BCUT2D eigenvalue weighted by molar-refractivity contribution is 4.91. The maximum absolute atomic E-state index is 6.10. The van der Waals surface area contributed by atoms with Gasteiger partial charge >= 0.3 is 0 Å². The molecule has 1 saturated carbocycles. The molecule has 0 spiro atoms. The molecule has 2 N–H and O–H groups in total. The molecule has 1 unspecified atom stereocenters. The van der Waals surface area contributed by atoms with Crippen LogP contribution in [-0.4, -0.2) is 42.8 Å². The van der Waals surface area contributed by atoms with Gasteiger partial charge in [0.2, 0.25) is 0 Å². The molecule has 0 radical (unpaired) electrons. The van der Waals surface area contributed by atoms with Crippen LogP contribution in [0.25, 0.3) is 0 Å². The first-order valence-corrected chi connectivity index (χ1v) is 7.55. The molecular formula is C15H30N2O. The maximum atomic E-state index is 6.10. The second-order valence-electron chi connectivity index (χ2n) is 7.12. The summed E-state index contributed by atoms with van der Waals surface area (Å²) in [5.74, 6) is 0. The average molecular weight is 254 g/mol.